The minimum Gasteiger partial charge on any atom is -0.479 e. The van der Waals surface area contributed by atoms with Crippen molar-refractivity contribution in [2.24, 2.45) is 0 Å². The van der Waals surface area contributed by atoms with Crippen LogP contribution in [0.2, 0.25) is 0 Å². The molecular formula is C51H92O11. The first-order valence-electron chi connectivity index (χ1n) is 25.4. The summed E-state index contributed by atoms with van der Waals surface area (Å²) in [5, 5.41) is 39.9. The molecule has 0 aromatic rings. The van der Waals surface area contributed by atoms with E-state index in [0.717, 1.165) is 57.8 Å². The topological polar surface area (TPSA) is 169 Å². The van der Waals surface area contributed by atoms with Crippen LogP contribution in [-0.2, 0) is 33.3 Å². The van der Waals surface area contributed by atoms with E-state index in [1.165, 1.54) is 135 Å². The second kappa shape index (κ2) is 41.4. The second-order valence-corrected chi connectivity index (χ2v) is 17.7. The third kappa shape index (κ3) is 32.4. The molecule has 1 rings (SSSR count). The Morgan fingerprint density at radius 3 is 1.35 bits per heavy atom. The Bertz CT molecular complexity index is 1130. The van der Waals surface area contributed by atoms with Gasteiger partial charge in [0.1, 0.15) is 24.9 Å². The van der Waals surface area contributed by atoms with Crippen molar-refractivity contribution < 1.29 is 53.8 Å². The number of hydrogen-bond acceptors (Lipinski definition) is 10. The fourth-order valence-electron chi connectivity index (χ4n) is 7.79. The molecule has 0 aromatic heterocycles. The largest absolute Gasteiger partial charge is 0.479 e. The fraction of sp³-hybridized carbons (Fsp3) is 0.863. The van der Waals surface area contributed by atoms with Gasteiger partial charge in [-0.1, -0.05) is 199 Å². The Hall–Kier alpha value is -2.31. The number of unbranched alkanes of at least 4 members (excludes halogenated alkanes) is 28. The van der Waals surface area contributed by atoms with Crippen LogP contribution in [0.5, 0.6) is 0 Å². The lowest BCUT2D eigenvalue weighted by Crippen LogP contribution is -2.60. The van der Waals surface area contributed by atoms with Gasteiger partial charge in [-0.25, -0.2) is 4.79 Å². The first kappa shape index (κ1) is 57.7. The summed E-state index contributed by atoms with van der Waals surface area (Å²) in [6.45, 7) is 3.82. The summed E-state index contributed by atoms with van der Waals surface area (Å²) in [6.07, 6.45) is 38.0. The van der Waals surface area contributed by atoms with E-state index in [0.29, 0.717) is 12.8 Å². The van der Waals surface area contributed by atoms with Crippen molar-refractivity contribution in [2.45, 2.75) is 269 Å². The average Bonchev–Trinajstić information content (AvgIpc) is 3.26. The summed E-state index contributed by atoms with van der Waals surface area (Å²) in [4.78, 5) is 36.9. The van der Waals surface area contributed by atoms with Crippen LogP contribution >= 0.6 is 0 Å². The Labute approximate surface area is 377 Å². The van der Waals surface area contributed by atoms with E-state index in [9.17, 15) is 34.8 Å². The molecule has 11 nitrogen and oxygen atoms in total. The van der Waals surface area contributed by atoms with Gasteiger partial charge in [-0.05, 0) is 44.9 Å². The van der Waals surface area contributed by atoms with E-state index < -0.39 is 54.7 Å². The highest BCUT2D eigenvalue weighted by Gasteiger charge is 2.47. The number of aliphatic hydroxyl groups excluding tert-OH is 3. The molecule has 62 heavy (non-hydrogen) atoms. The molecule has 0 bridgehead atoms. The molecule has 0 amide bonds. The van der Waals surface area contributed by atoms with Crippen LogP contribution in [0.1, 0.15) is 232 Å². The van der Waals surface area contributed by atoms with Gasteiger partial charge in [-0.3, -0.25) is 9.59 Å². The number of aliphatic carboxylic acids is 1. The molecule has 362 valence electrons. The maximum Gasteiger partial charge on any atom is 0.335 e. The zero-order valence-electron chi connectivity index (χ0n) is 39.4. The van der Waals surface area contributed by atoms with Crippen molar-refractivity contribution in [2.75, 3.05) is 13.2 Å². The number of hydrogen-bond donors (Lipinski definition) is 4. The number of aliphatic hydroxyl groups is 3. The third-order valence-electron chi connectivity index (χ3n) is 11.8. The van der Waals surface area contributed by atoms with Crippen LogP contribution in [0.15, 0.2) is 24.3 Å². The minimum absolute atomic E-state index is 0.185. The maximum absolute atomic E-state index is 12.8. The zero-order valence-corrected chi connectivity index (χ0v) is 39.4. The smallest absolute Gasteiger partial charge is 0.335 e. The summed E-state index contributed by atoms with van der Waals surface area (Å²) >= 11 is 0. The zero-order chi connectivity index (χ0) is 45.3. The average molecular weight is 881 g/mol. The van der Waals surface area contributed by atoms with Crippen LogP contribution in [0.3, 0.4) is 0 Å². The molecular weight excluding hydrogens is 789 g/mol. The molecule has 1 aliphatic heterocycles. The fourth-order valence-corrected chi connectivity index (χ4v) is 7.79. The number of carboxylic acids is 1. The summed E-state index contributed by atoms with van der Waals surface area (Å²) in [7, 11) is 0. The molecule has 0 aliphatic carbocycles. The SMILES string of the molecule is CCCCCC/C=C\C/C=C\CCCCCCCC(=O)OCC(COC1OC(C(=O)O)C(O)C(O)C1O)OC(=O)CCCCCCCCCCCCCCCCCCCCCC. The van der Waals surface area contributed by atoms with Crippen LogP contribution in [-0.4, -0.2) is 88.4 Å². The summed E-state index contributed by atoms with van der Waals surface area (Å²) in [5.74, 6) is -2.45. The third-order valence-corrected chi connectivity index (χ3v) is 11.8. The Morgan fingerprint density at radius 1 is 0.500 bits per heavy atom. The standard InChI is InChI=1S/C51H92O11/c1-3-5-7-9-11-13-15-17-19-21-22-23-24-26-28-30-32-34-36-38-40-45(53)61-43(42-60-51-48(56)46(54)47(55)49(62-51)50(57)58)41-59-44(52)39-37-35-33-31-29-27-25-20-18-16-14-12-10-8-6-4-2/h14,16,20,25,43,46-49,51,54-56H,3-13,15,17-19,21-24,26-42H2,1-2H3,(H,57,58)/b16-14-,25-20-. The van der Waals surface area contributed by atoms with Gasteiger partial charge >= 0.3 is 17.9 Å². The second-order valence-electron chi connectivity index (χ2n) is 17.7. The van der Waals surface area contributed by atoms with Crippen LogP contribution in [0, 0.1) is 0 Å². The number of carbonyl (C=O) groups is 3. The van der Waals surface area contributed by atoms with E-state index in [1.807, 2.05) is 0 Å². The molecule has 11 heteroatoms. The van der Waals surface area contributed by atoms with Crippen LogP contribution in [0.4, 0.5) is 0 Å². The Kier molecular flexibility index (Phi) is 38.5. The predicted molar refractivity (Wildman–Crippen MR) is 248 cm³/mol. The van der Waals surface area contributed by atoms with Gasteiger partial charge in [-0.2, -0.15) is 0 Å². The monoisotopic (exact) mass is 881 g/mol. The molecule has 0 spiro atoms. The molecule has 1 heterocycles. The summed E-state index contributed by atoms with van der Waals surface area (Å²) < 4.78 is 21.8. The van der Waals surface area contributed by atoms with Crippen molar-refractivity contribution in [3.8, 4) is 0 Å². The van der Waals surface area contributed by atoms with Crippen molar-refractivity contribution in [1.29, 1.82) is 0 Å². The van der Waals surface area contributed by atoms with Crippen molar-refractivity contribution >= 4 is 17.9 Å². The van der Waals surface area contributed by atoms with Crippen molar-refractivity contribution in [1.82, 2.24) is 0 Å². The minimum atomic E-state index is -1.86. The summed E-state index contributed by atoms with van der Waals surface area (Å²) in [5.41, 5.74) is 0. The molecule has 0 aromatic carbocycles. The first-order valence-corrected chi connectivity index (χ1v) is 25.4. The van der Waals surface area contributed by atoms with Gasteiger partial charge in [0.25, 0.3) is 0 Å². The van der Waals surface area contributed by atoms with E-state index in [4.69, 9.17) is 18.9 Å². The lowest BCUT2D eigenvalue weighted by Gasteiger charge is -2.38. The number of carbonyl (C=O) groups excluding carboxylic acids is 2. The number of carboxylic acid groups (broad SMARTS) is 1. The molecule has 1 saturated heterocycles. The van der Waals surface area contributed by atoms with Gasteiger partial charge < -0.3 is 39.4 Å². The highest BCUT2D eigenvalue weighted by molar-refractivity contribution is 5.73. The number of allylic oxidation sites excluding steroid dienone is 4. The van der Waals surface area contributed by atoms with E-state index in [-0.39, 0.29) is 26.1 Å². The van der Waals surface area contributed by atoms with Gasteiger partial charge in [0, 0.05) is 12.8 Å². The first-order chi connectivity index (χ1) is 30.2. The van der Waals surface area contributed by atoms with Crippen molar-refractivity contribution in [3.05, 3.63) is 24.3 Å². The van der Waals surface area contributed by atoms with Gasteiger partial charge in [-0.15, -0.1) is 0 Å². The van der Waals surface area contributed by atoms with E-state index in [2.05, 4.69) is 38.2 Å². The normalized spacial score (nSPS) is 19.7. The van der Waals surface area contributed by atoms with Crippen LogP contribution < -0.4 is 0 Å². The molecule has 4 N–H and O–H groups in total. The van der Waals surface area contributed by atoms with Gasteiger partial charge in [0.2, 0.25) is 0 Å². The number of ether oxygens (including phenoxy) is 4. The van der Waals surface area contributed by atoms with E-state index in [1.54, 1.807) is 0 Å². The van der Waals surface area contributed by atoms with Gasteiger partial charge in [0.05, 0.1) is 6.61 Å². The molecule has 6 unspecified atom stereocenters. The molecule has 0 radical (unpaired) electrons. The quantitative estimate of drug-likeness (QED) is 0.0261. The predicted octanol–water partition coefficient (Wildman–Crippen LogP) is 11.8. The lowest BCUT2D eigenvalue weighted by molar-refractivity contribution is -0.298. The Morgan fingerprint density at radius 2 is 0.903 bits per heavy atom. The highest BCUT2D eigenvalue weighted by Crippen LogP contribution is 2.23. The van der Waals surface area contributed by atoms with Crippen LogP contribution in [0.25, 0.3) is 0 Å². The molecule has 0 saturated carbocycles. The summed E-state index contributed by atoms with van der Waals surface area (Å²) in [6, 6.07) is 0. The highest BCUT2D eigenvalue weighted by atomic mass is 16.7. The molecule has 1 fully saturated rings. The van der Waals surface area contributed by atoms with Crippen molar-refractivity contribution in [3.63, 3.8) is 0 Å². The molecule has 1 aliphatic rings. The van der Waals surface area contributed by atoms with E-state index >= 15 is 0 Å². The maximum atomic E-state index is 12.8. The Balaban J connectivity index is 2.30. The number of rotatable bonds is 43. The van der Waals surface area contributed by atoms with Gasteiger partial charge in [0.15, 0.2) is 18.5 Å². The molecule has 6 atom stereocenters. The number of esters is 2. The lowest BCUT2D eigenvalue weighted by atomic mass is 9.99.